The Hall–Kier alpha value is -2.61. The smallest absolute Gasteiger partial charge is 0.232 e. The molecule has 0 aliphatic rings. The number of nitrogens with zero attached hydrogens (tertiary/aromatic N) is 5. The second kappa shape index (κ2) is 6.53. The number of benzene rings is 1. The van der Waals surface area contributed by atoms with Gasteiger partial charge in [0.15, 0.2) is 16.6 Å². The number of ether oxygens (including phenoxy) is 1. The first kappa shape index (κ1) is 17.8. The van der Waals surface area contributed by atoms with Crippen LogP contribution < -0.4 is 4.74 Å². The van der Waals surface area contributed by atoms with Crippen LogP contribution in [0.15, 0.2) is 33.9 Å². The van der Waals surface area contributed by atoms with Gasteiger partial charge in [0.05, 0.1) is 18.4 Å². The summed E-state index contributed by atoms with van der Waals surface area (Å²) in [4.78, 5) is 4.49. The number of hydrogen-bond acceptors (Lipinski definition) is 7. The van der Waals surface area contributed by atoms with Gasteiger partial charge in [-0.05, 0) is 30.7 Å². The van der Waals surface area contributed by atoms with Gasteiger partial charge >= 0.3 is 0 Å². The molecule has 8 heteroatoms. The molecule has 0 bridgehead atoms. The quantitative estimate of drug-likeness (QED) is 0.489. The Balaban J connectivity index is 1.72. The molecule has 4 aromatic rings. The lowest BCUT2D eigenvalue weighted by atomic mass is 9.97. The van der Waals surface area contributed by atoms with Gasteiger partial charge in [0.25, 0.3) is 0 Å². The third-order valence-electron chi connectivity index (χ3n) is 4.31. The summed E-state index contributed by atoms with van der Waals surface area (Å²) in [6.45, 7) is 8.21. The van der Waals surface area contributed by atoms with E-state index in [9.17, 15) is 0 Å². The predicted octanol–water partition coefficient (Wildman–Crippen LogP) is 4.17. The first-order valence-electron chi connectivity index (χ1n) is 8.65. The number of rotatable bonds is 4. The summed E-state index contributed by atoms with van der Waals surface area (Å²) in [6.07, 6.45) is 0. The number of fused-ring (bicyclic) bond motifs is 3. The van der Waals surface area contributed by atoms with Crippen LogP contribution in [0.3, 0.4) is 0 Å². The van der Waals surface area contributed by atoms with Gasteiger partial charge in [-0.3, -0.25) is 4.40 Å². The minimum absolute atomic E-state index is 0.165. The Bertz CT molecular complexity index is 1130. The van der Waals surface area contributed by atoms with Gasteiger partial charge in [-0.2, -0.15) is 4.98 Å². The highest BCUT2D eigenvalue weighted by Gasteiger charge is 2.22. The van der Waals surface area contributed by atoms with Crippen molar-refractivity contribution in [3.05, 3.63) is 41.5 Å². The summed E-state index contributed by atoms with van der Waals surface area (Å²) in [5.74, 6) is 2.64. The lowest BCUT2D eigenvalue weighted by molar-refractivity contribution is 0.319. The largest absolute Gasteiger partial charge is 0.497 e. The highest BCUT2D eigenvalue weighted by molar-refractivity contribution is 7.98. The lowest BCUT2D eigenvalue weighted by Crippen LogP contribution is -2.11. The lowest BCUT2D eigenvalue weighted by Gasteiger charge is -2.10. The first-order valence-corrected chi connectivity index (χ1v) is 9.64. The fourth-order valence-electron chi connectivity index (χ4n) is 2.87. The van der Waals surface area contributed by atoms with Crippen molar-refractivity contribution in [2.24, 2.45) is 0 Å². The molecule has 1 aromatic carbocycles. The summed E-state index contributed by atoms with van der Waals surface area (Å²) < 4.78 is 12.8. The summed E-state index contributed by atoms with van der Waals surface area (Å²) >= 11 is 1.53. The monoisotopic (exact) mass is 383 g/mol. The highest BCUT2D eigenvalue weighted by atomic mass is 32.2. The SMILES string of the molecule is COc1ccc2c(C)cc3nnc(SCc4noc(C(C)(C)C)n4)n3c2c1. The molecule has 0 aliphatic carbocycles. The van der Waals surface area contributed by atoms with E-state index in [1.165, 1.54) is 11.8 Å². The van der Waals surface area contributed by atoms with Gasteiger partial charge < -0.3 is 9.26 Å². The van der Waals surface area contributed by atoms with E-state index in [1.54, 1.807) is 7.11 Å². The van der Waals surface area contributed by atoms with Crippen molar-refractivity contribution in [2.45, 2.75) is 44.0 Å². The Labute approximate surface area is 161 Å². The van der Waals surface area contributed by atoms with Crippen LogP contribution in [0, 0.1) is 6.92 Å². The van der Waals surface area contributed by atoms with E-state index in [0.29, 0.717) is 17.5 Å². The number of pyridine rings is 1. The van der Waals surface area contributed by atoms with Gasteiger partial charge in [-0.15, -0.1) is 10.2 Å². The summed E-state index contributed by atoms with van der Waals surface area (Å²) in [5, 5.41) is 14.7. The summed E-state index contributed by atoms with van der Waals surface area (Å²) in [5.41, 5.74) is 2.80. The number of aromatic nitrogens is 5. The zero-order valence-electron chi connectivity index (χ0n) is 16.0. The van der Waals surface area contributed by atoms with Crippen molar-refractivity contribution in [1.82, 2.24) is 24.7 Å². The fraction of sp³-hybridized carbons (Fsp3) is 0.368. The minimum atomic E-state index is -0.165. The van der Waals surface area contributed by atoms with Crippen molar-refractivity contribution in [2.75, 3.05) is 7.11 Å². The number of hydrogen-bond donors (Lipinski definition) is 0. The number of thioether (sulfide) groups is 1. The maximum Gasteiger partial charge on any atom is 0.232 e. The number of methoxy groups -OCH3 is 1. The van der Waals surface area contributed by atoms with Crippen LogP contribution in [0.25, 0.3) is 16.6 Å². The maximum atomic E-state index is 5.40. The van der Waals surface area contributed by atoms with Crippen LogP contribution >= 0.6 is 11.8 Å². The average molecular weight is 383 g/mol. The molecule has 0 radical (unpaired) electrons. The molecule has 3 aromatic heterocycles. The molecule has 0 saturated heterocycles. The zero-order valence-corrected chi connectivity index (χ0v) is 16.8. The molecule has 0 aliphatic heterocycles. The van der Waals surface area contributed by atoms with E-state index in [2.05, 4.69) is 33.3 Å². The fourth-order valence-corrected chi connectivity index (χ4v) is 3.66. The Kier molecular flexibility index (Phi) is 4.30. The second-order valence-corrected chi connectivity index (χ2v) is 8.38. The van der Waals surface area contributed by atoms with Crippen molar-refractivity contribution in [3.8, 4) is 5.75 Å². The van der Waals surface area contributed by atoms with Gasteiger partial charge in [-0.25, -0.2) is 0 Å². The van der Waals surface area contributed by atoms with Crippen LogP contribution in [0.5, 0.6) is 5.75 Å². The third-order valence-corrected chi connectivity index (χ3v) is 5.24. The topological polar surface area (TPSA) is 78.3 Å². The Morgan fingerprint density at radius 2 is 2.00 bits per heavy atom. The minimum Gasteiger partial charge on any atom is -0.497 e. The Morgan fingerprint density at radius 1 is 1.19 bits per heavy atom. The molecule has 0 fully saturated rings. The van der Waals surface area contributed by atoms with E-state index in [-0.39, 0.29) is 5.41 Å². The molecule has 140 valence electrons. The zero-order chi connectivity index (χ0) is 19.2. The molecule has 4 rings (SSSR count). The number of aryl methyl sites for hydroxylation is 1. The summed E-state index contributed by atoms with van der Waals surface area (Å²) in [7, 11) is 1.67. The highest BCUT2D eigenvalue weighted by Crippen LogP contribution is 2.30. The van der Waals surface area contributed by atoms with Crippen molar-refractivity contribution >= 4 is 28.3 Å². The van der Waals surface area contributed by atoms with Crippen molar-refractivity contribution < 1.29 is 9.26 Å². The molecule has 0 N–H and O–H groups in total. The molecule has 0 spiro atoms. The van der Waals surface area contributed by atoms with Crippen molar-refractivity contribution in [1.29, 1.82) is 0 Å². The predicted molar refractivity (Wildman–Crippen MR) is 104 cm³/mol. The Morgan fingerprint density at radius 3 is 2.70 bits per heavy atom. The first-order chi connectivity index (χ1) is 12.9. The average Bonchev–Trinajstić information content (AvgIpc) is 3.26. The second-order valence-electron chi connectivity index (χ2n) is 7.44. The molecule has 3 heterocycles. The molecule has 0 saturated carbocycles. The molecular weight excluding hydrogens is 362 g/mol. The standard InChI is InChI=1S/C19H21N5O2S/c1-11-8-16-21-22-18(24(16)14-9-12(25-5)6-7-13(11)14)27-10-15-20-17(26-23-15)19(2,3)4/h6-9H,10H2,1-5H3. The molecule has 0 unspecified atom stereocenters. The van der Waals surface area contributed by atoms with E-state index in [0.717, 1.165) is 33.0 Å². The van der Waals surface area contributed by atoms with Gasteiger partial charge in [0.1, 0.15) is 5.75 Å². The van der Waals surface area contributed by atoms with Gasteiger partial charge in [-0.1, -0.05) is 37.7 Å². The van der Waals surface area contributed by atoms with Crippen molar-refractivity contribution in [3.63, 3.8) is 0 Å². The van der Waals surface area contributed by atoms with Crippen LogP contribution in [0.4, 0.5) is 0 Å². The van der Waals surface area contributed by atoms with E-state index in [4.69, 9.17) is 9.26 Å². The van der Waals surface area contributed by atoms with E-state index < -0.39 is 0 Å². The molecular formula is C19H21N5O2S. The van der Waals surface area contributed by atoms with Gasteiger partial charge in [0, 0.05) is 16.9 Å². The van der Waals surface area contributed by atoms with Gasteiger partial charge in [0.2, 0.25) is 5.89 Å². The van der Waals surface area contributed by atoms with E-state index in [1.807, 2.05) is 43.4 Å². The maximum absolute atomic E-state index is 5.40. The normalized spacial score (nSPS) is 12.2. The van der Waals surface area contributed by atoms with Crippen LogP contribution in [-0.4, -0.2) is 31.8 Å². The molecule has 0 atom stereocenters. The van der Waals surface area contributed by atoms with Crippen LogP contribution in [0.2, 0.25) is 0 Å². The molecule has 27 heavy (non-hydrogen) atoms. The van der Waals surface area contributed by atoms with Crippen LogP contribution in [0.1, 0.15) is 38.0 Å². The van der Waals surface area contributed by atoms with Crippen LogP contribution in [-0.2, 0) is 11.2 Å². The van der Waals surface area contributed by atoms with E-state index >= 15 is 0 Å². The molecule has 7 nitrogen and oxygen atoms in total. The molecule has 0 amide bonds. The third kappa shape index (κ3) is 3.25. The summed E-state index contributed by atoms with van der Waals surface area (Å²) in [6, 6.07) is 8.07.